The van der Waals surface area contributed by atoms with Gasteiger partial charge in [-0.2, -0.15) is 9.97 Å². The molecule has 0 amide bonds. The van der Waals surface area contributed by atoms with Crippen LogP contribution < -0.4 is 15.8 Å². The minimum atomic E-state index is 0.163. The van der Waals surface area contributed by atoms with Gasteiger partial charge in [0.2, 0.25) is 11.8 Å². The van der Waals surface area contributed by atoms with Gasteiger partial charge in [-0.15, -0.1) is 0 Å². The Hall–Kier alpha value is -2.01. The number of hydrogen-bond donors (Lipinski definition) is 2. The predicted molar refractivity (Wildman–Crippen MR) is 71.8 cm³/mol. The molecule has 0 aliphatic carbocycles. The van der Waals surface area contributed by atoms with E-state index in [0.29, 0.717) is 23.3 Å². The first-order valence-corrected chi connectivity index (χ1v) is 5.75. The van der Waals surface area contributed by atoms with Gasteiger partial charge < -0.3 is 15.8 Å². The number of nitrogens with one attached hydrogen (secondary N) is 1. The number of halogens is 1. The molecular weight excluding hydrogens is 252 g/mol. The number of nitrogens with zero attached hydrogens (tertiary/aromatic N) is 2. The maximum absolute atomic E-state index is 6.03. The lowest BCUT2D eigenvalue weighted by Gasteiger charge is -2.08. The maximum Gasteiger partial charge on any atom is 0.225 e. The Kier molecular flexibility index (Phi) is 3.84. The van der Waals surface area contributed by atoms with Gasteiger partial charge in [-0.3, -0.25) is 0 Å². The molecule has 0 saturated carbocycles. The zero-order valence-corrected chi connectivity index (χ0v) is 10.6. The minimum Gasteiger partial charge on any atom is -0.473 e. The summed E-state index contributed by atoms with van der Waals surface area (Å²) in [5, 5.41) is 3.54. The van der Waals surface area contributed by atoms with Crippen LogP contribution in [0.5, 0.6) is 5.88 Å². The van der Waals surface area contributed by atoms with E-state index >= 15 is 0 Å². The van der Waals surface area contributed by atoms with Gasteiger partial charge in [-0.1, -0.05) is 29.8 Å². The fourth-order valence-corrected chi connectivity index (χ4v) is 1.60. The van der Waals surface area contributed by atoms with E-state index in [2.05, 4.69) is 15.3 Å². The highest BCUT2D eigenvalue weighted by Gasteiger charge is 2.04. The van der Waals surface area contributed by atoms with Crippen LogP contribution in [0.4, 0.5) is 11.8 Å². The van der Waals surface area contributed by atoms with E-state index in [-0.39, 0.29) is 5.95 Å². The molecule has 0 spiro atoms. The van der Waals surface area contributed by atoms with Crippen LogP contribution in [-0.4, -0.2) is 17.0 Å². The molecule has 94 valence electrons. The molecule has 2 rings (SSSR count). The van der Waals surface area contributed by atoms with Crippen molar-refractivity contribution in [3.8, 4) is 5.88 Å². The predicted octanol–water partition coefficient (Wildman–Crippen LogP) is 2.33. The van der Waals surface area contributed by atoms with Crippen molar-refractivity contribution >= 4 is 23.4 Å². The van der Waals surface area contributed by atoms with Crippen LogP contribution in [0.1, 0.15) is 5.56 Å². The molecule has 0 unspecified atom stereocenters. The van der Waals surface area contributed by atoms with Gasteiger partial charge in [-0.05, 0) is 6.07 Å². The Morgan fingerprint density at radius 2 is 2.11 bits per heavy atom. The maximum atomic E-state index is 6.03. The summed E-state index contributed by atoms with van der Waals surface area (Å²) in [4.78, 5) is 7.96. The number of nitrogens with two attached hydrogens (primary N) is 1. The number of ether oxygens (including phenoxy) is 1. The van der Waals surface area contributed by atoms with Crippen LogP contribution in [0.3, 0.4) is 0 Å². The summed E-state index contributed by atoms with van der Waals surface area (Å²) < 4.78 is 5.54. The van der Waals surface area contributed by atoms with E-state index in [0.717, 1.165) is 5.56 Å². The Balaban J connectivity index is 2.11. The van der Waals surface area contributed by atoms with Crippen molar-refractivity contribution in [2.24, 2.45) is 0 Å². The summed E-state index contributed by atoms with van der Waals surface area (Å²) >= 11 is 6.03. The van der Waals surface area contributed by atoms with Gasteiger partial charge in [-0.25, -0.2) is 0 Å². The van der Waals surface area contributed by atoms with E-state index in [9.17, 15) is 0 Å². The first-order chi connectivity index (χ1) is 8.69. The number of rotatable bonds is 4. The van der Waals surface area contributed by atoms with Crippen molar-refractivity contribution in [3.05, 3.63) is 40.9 Å². The molecule has 0 saturated heterocycles. The standard InChI is InChI=1S/C12H13ClN4O/c1-15-10-6-11(17-12(14)16-10)18-7-8-4-2-3-5-9(8)13/h2-6H,7H2,1H3,(H3,14,15,16,17). The highest BCUT2D eigenvalue weighted by Crippen LogP contribution is 2.19. The third-order valence-electron chi connectivity index (χ3n) is 2.31. The third kappa shape index (κ3) is 3.01. The second-order valence-electron chi connectivity index (χ2n) is 3.58. The van der Waals surface area contributed by atoms with Gasteiger partial charge in [0.1, 0.15) is 12.4 Å². The molecule has 1 heterocycles. The third-order valence-corrected chi connectivity index (χ3v) is 2.68. The van der Waals surface area contributed by atoms with Gasteiger partial charge >= 0.3 is 0 Å². The van der Waals surface area contributed by atoms with Crippen molar-refractivity contribution in [3.63, 3.8) is 0 Å². The summed E-state index contributed by atoms with van der Waals surface area (Å²) in [5.74, 6) is 1.18. The summed E-state index contributed by atoms with van der Waals surface area (Å²) in [5.41, 5.74) is 6.46. The largest absolute Gasteiger partial charge is 0.473 e. The Morgan fingerprint density at radius 3 is 2.83 bits per heavy atom. The van der Waals surface area contributed by atoms with Crippen molar-refractivity contribution in [1.29, 1.82) is 0 Å². The lowest BCUT2D eigenvalue weighted by molar-refractivity contribution is 0.294. The van der Waals surface area contributed by atoms with E-state index in [4.69, 9.17) is 22.1 Å². The van der Waals surface area contributed by atoms with Crippen molar-refractivity contribution in [2.45, 2.75) is 6.61 Å². The second kappa shape index (κ2) is 5.55. The number of hydrogen-bond acceptors (Lipinski definition) is 5. The monoisotopic (exact) mass is 264 g/mol. The lowest BCUT2D eigenvalue weighted by atomic mass is 10.2. The number of benzene rings is 1. The van der Waals surface area contributed by atoms with E-state index in [1.807, 2.05) is 24.3 Å². The molecule has 0 aliphatic rings. The topological polar surface area (TPSA) is 73.1 Å². The highest BCUT2D eigenvalue weighted by molar-refractivity contribution is 6.31. The molecule has 1 aromatic carbocycles. The Labute approximate surface area is 110 Å². The van der Waals surface area contributed by atoms with Crippen LogP contribution in [-0.2, 0) is 6.61 Å². The molecule has 5 nitrogen and oxygen atoms in total. The lowest BCUT2D eigenvalue weighted by Crippen LogP contribution is -2.04. The Bertz CT molecular complexity index is 547. The van der Waals surface area contributed by atoms with Gasteiger partial charge in [0, 0.05) is 23.7 Å². The summed E-state index contributed by atoms with van der Waals surface area (Å²) in [6.07, 6.45) is 0. The first-order valence-electron chi connectivity index (χ1n) is 5.37. The van der Waals surface area contributed by atoms with Crippen molar-refractivity contribution < 1.29 is 4.74 Å². The van der Waals surface area contributed by atoms with E-state index < -0.39 is 0 Å². The molecule has 0 atom stereocenters. The van der Waals surface area contributed by atoms with Crippen LogP contribution >= 0.6 is 11.6 Å². The van der Waals surface area contributed by atoms with E-state index in [1.165, 1.54) is 0 Å². The fourth-order valence-electron chi connectivity index (χ4n) is 1.41. The van der Waals surface area contributed by atoms with Gasteiger partial charge in [0.15, 0.2) is 0 Å². The average Bonchev–Trinajstić information content (AvgIpc) is 2.37. The van der Waals surface area contributed by atoms with Crippen LogP contribution in [0.15, 0.2) is 30.3 Å². The summed E-state index contributed by atoms with van der Waals surface area (Å²) in [6, 6.07) is 9.15. The fraction of sp³-hybridized carbons (Fsp3) is 0.167. The van der Waals surface area contributed by atoms with Crippen molar-refractivity contribution in [2.75, 3.05) is 18.1 Å². The molecule has 0 aliphatic heterocycles. The zero-order valence-electron chi connectivity index (χ0n) is 9.85. The van der Waals surface area contributed by atoms with E-state index in [1.54, 1.807) is 13.1 Å². The molecule has 0 radical (unpaired) electrons. The van der Waals surface area contributed by atoms with Gasteiger partial charge in [0.25, 0.3) is 0 Å². The van der Waals surface area contributed by atoms with Crippen LogP contribution in [0, 0.1) is 0 Å². The van der Waals surface area contributed by atoms with Crippen molar-refractivity contribution in [1.82, 2.24) is 9.97 Å². The quantitative estimate of drug-likeness (QED) is 0.887. The molecule has 18 heavy (non-hydrogen) atoms. The highest BCUT2D eigenvalue weighted by atomic mass is 35.5. The number of nitrogen functional groups attached to an aromatic ring is 1. The molecular formula is C12H13ClN4O. The smallest absolute Gasteiger partial charge is 0.225 e. The summed E-state index contributed by atoms with van der Waals surface area (Å²) in [7, 11) is 1.75. The zero-order chi connectivity index (χ0) is 13.0. The molecule has 2 aromatic rings. The summed E-state index contributed by atoms with van der Waals surface area (Å²) in [6.45, 7) is 0.333. The first kappa shape index (κ1) is 12.4. The SMILES string of the molecule is CNc1cc(OCc2ccccc2Cl)nc(N)n1. The molecule has 1 aromatic heterocycles. The average molecular weight is 265 g/mol. The normalized spacial score (nSPS) is 10.1. The molecule has 6 heteroatoms. The minimum absolute atomic E-state index is 0.163. The number of aromatic nitrogens is 2. The molecule has 3 N–H and O–H groups in total. The van der Waals surface area contributed by atoms with Crippen LogP contribution in [0.25, 0.3) is 0 Å². The molecule has 0 fully saturated rings. The second-order valence-corrected chi connectivity index (χ2v) is 3.99. The van der Waals surface area contributed by atoms with Crippen LogP contribution in [0.2, 0.25) is 5.02 Å². The van der Waals surface area contributed by atoms with Gasteiger partial charge in [0.05, 0.1) is 0 Å². The Morgan fingerprint density at radius 1 is 1.33 bits per heavy atom. The molecule has 0 bridgehead atoms. The number of anilines is 2.